The molecule has 1 aliphatic rings. The van der Waals surface area contributed by atoms with Gasteiger partial charge in [-0.1, -0.05) is 24.3 Å². The number of rotatable bonds is 6. The van der Waals surface area contributed by atoms with Crippen LogP contribution in [0.5, 0.6) is 5.75 Å². The van der Waals surface area contributed by atoms with Gasteiger partial charge >= 0.3 is 5.97 Å². The number of piperazine rings is 1. The molecule has 0 spiro atoms. The fourth-order valence-corrected chi connectivity index (χ4v) is 4.70. The van der Waals surface area contributed by atoms with E-state index in [4.69, 9.17) is 4.74 Å². The largest absolute Gasteiger partial charge is 0.495 e. The zero-order valence-corrected chi connectivity index (χ0v) is 17.3. The molecule has 0 N–H and O–H groups in total. The lowest BCUT2D eigenvalue weighted by atomic mass is 10.2. The molecule has 0 unspecified atom stereocenters. The van der Waals surface area contributed by atoms with Crippen LogP contribution < -0.4 is 9.64 Å². The highest BCUT2D eigenvalue weighted by Crippen LogP contribution is 2.29. The van der Waals surface area contributed by atoms with Crippen molar-refractivity contribution in [2.45, 2.75) is 4.90 Å². The number of esters is 1. The topological polar surface area (TPSA) is 76.2 Å². The van der Waals surface area contributed by atoms with E-state index in [1.807, 2.05) is 24.3 Å². The first-order chi connectivity index (χ1) is 14.0. The number of benzene rings is 2. The van der Waals surface area contributed by atoms with Gasteiger partial charge in [-0.3, -0.25) is 0 Å². The SMILES string of the molecule is COC(=O)/C=C/c1cccc(S(=O)(=O)N2CCN(c3ccccc3OC)CC2)c1. The Balaban J connectivity index is 1.73. The molecule has 0 aliphatic carbocycles. The van der Waals surface area contributed by atoms with E-state index in [-0.39, 0.29) is 4.90 Å². The van der Waals surface area contributed by atoms with E-state index in [0.29, 0.717) is 31.7 Å². The Morgan fingerprint density at radius 1 is 1.00 bits per heavy atom. The van der Waals surface area contributed by atoms with Crippen LogP contribution in [0.3, 0.4) is 0 Å². The Hall–Kier alpha value is -2.84. The van der Waals surface area contributed by atoms with E-state index in [1.165, 1.54) is 23.6 Å². The first-order valence-electron chi connectivity index (χ1n) is 9.20. The molecular formula is C21H24N2O5S. The molecule has 2 aromatic rings. The molecule has 29 heavy (non-hydrogen) atoms. The molecular weight excluding hydrogens is 392 g/mol. The summed E-state index contributed by atoms with van der Waals surface area (Å²) < 4.78 is 37.6. The minimum absolute atomic E-state index is 0.204. The van der Waals surface area contributed by atoms with Gasteiger partial charge < -0.3 is 14.4 Å². The van der Waals surface area contributed by atoms with Crippen molar-refractivity contribution in [3.63, 3.8) is 0 Å². The summed E-state index contributed by atoms with van der Waals surface area (Å²) in [5.74, 6) is 0.277. The van der Waals surface area contributed by atoms with Crippen molar-refractivity contribution >= 4 is 27.8 Å². The van der Waals surface area contributed by atoms with E-state index >= 15 is 0 Å². The molecule has 3 rings (SSSR count). The third-order valence-corrected chi connectivity index (χ3v) is 6.67. The van der Waals surface area contributed by atoms with Crippen LogP contribution in [0.15, 0.2) is 59.5 Å². The monoisotopic (exact) mass is 416 g/mol. The Bertz CT molecular complexity index is 996. The predicted molar refractivity (Wildman–Crippen MR) is 111 cm³/mol. The minimum atomic E-state index is -3.62. The summed E-state index contributed by atoms with van der Waals surface area (Å²) in [7, 11) is -0.709. The predicted octanol–water partition coefficient (Wildman–Crippen LogP) is 2.39. The van der Waals surface area contributed by atoms with Crippen LogP contribution in [-0.2, 0) is 19.6 Å². The van der Waals surface area contributed by atoms with Gasteiger partial charge in [-0.05, 0) is 35.9 Å². The van der Waals surface area contributed by atoms with E-state index in [9.17, 15) is 13.2 Å². The molecule has 7 nitrogen and oxygen atoms in total. The summed E-state index contributed by atoms with van der Waals surface area (Å²) in [6.45, 7) is 1.90. The molecule has 0 aromatic heterocycles. The lowest BCUT2D eigenvalue weighted by Gasteiger charge is -2.36. The van der Waals surface area contributed by atoms with Gasteiger partial charge in [0.2, 0.25) is 10.0 Å². The fourth-order valence-electron chi connectivity index (χ4n) is 3.22. The van der Waals surface area contributed by atoms with Crippen LogP contribution >= 0.6 is 0 Å². The van der Waals surface area contributed by atoms with Crippen LogP contribution in [0.4, 0.5) is 5.69 Å². The molecule has 1 saturated heterocycles. The highest BCUT2D eigenvalue weighted by Gasteiger charge is 2.29. The molecule has 0 atom stereocenters. The van der Waals surface area contributed by atoms with Gasteiger partial charge in [-0.15, -0.1) is 0 Å². The normalized spacial score (nSPS) is 15.4. The lowest BCUT2D eigenvalue weighted by molar-refractivity contribution is -0.134. The number of hydrogen-bond donors (Lipinski definition) is 0. The first-order valence-corrected chi connectivity index (χ1v) is 10.6. The number of hydrogen-bond acceptors (Lipinski definition) is 6. The van der Waals surface area contributed by atoms with E-state index in [0.717, 1.165) is 11.4 Å². The number of carbonyl (C=O) groups is 1. The van der Waals surface area contributed by atoms with Gasteiger partial charge in [0.1, 0.15) is 5.75 Å². The van der Waals surface area contributed by atoms with E-state index in [2.05, 4.69) is 9.64 Å². The maximum absolute atomic E-state index is 13.1. The second-order valence-electron chi connectivity index (χ2n) is 6.49. The lowest BCUT2D eigenvalue weighted by Crippen LogP contribution is -2.48. The van der Waals surface area contributed by atoms with Crippen molar-refractivity contribution < 1.29 is 22.7 Å². The standard InChI is InChI=1S/C21H24N2O5S/c1-27-20-9-4-3-8-19(20)22-12-14-23(15-13-22)29(25,26)18-7-5-6-17(16-18)10-11-21(24)28-2/h3-11,16H,12-15H2,1-2H3/b11-10+. The second kappa shape index (κ2) is 9.11. The van der Waals surface area contributed by atoms with Gasteiger partial charge in [0.15, 0.2) is 0 Å². The number of nitrogens with zero attached hydrogens (tertiary/aromatic N) is 2. The smallest absolute Gasteiger partial charge is 0.330 e. The van der Waals surface area contributed by atoms with Crippen LogP contribution in [0.2, 0.25) is 0 Å². The summed E-state index contributed by atoms with van der Waals surface area (Å²) in [6, 6.07) is 14.2. The van der Waals surface area contributed by atoms with Crippen LogP contribution in [0.25, 0.3) is 6.08 Å². The Morgan fingerprint density at radius 3 is 2.41 bits per heavy atom. The molecule has 0 amide bonds. The molecule has 8 heteroatoms. The third-order valence-electron chi connectivity index (χ3n) is 4.77. The van der Waals surface area contributed by atoms with Crippen LogP contribution in [0.1, 0.15) is 5.56 Å². The Morgan fingerprint density at radius 2 is 1.72 bits per heavy atom. The molecule has 0 saturated carbocycles. The molecule has 1 fully saturated rings. The van der Waals surface area contributed by atoms with Crippen molar-refractivity contribution in [1.29, 1.82) is 0 Å². The number of para-hydroxylation sites is 2. The fraction of sp³-hybridized carbons (Fsp3) is 0.286. The number of anilines is 1. The summed E-state index contributed by atoms with van der Waals surface area (Å²) in [5, 5.41) is 0. The summed E-state index contributed by atoms with van der Waals surface area (Å²) in [4.78, 5) is 13.6. The zero-order valence-electron chi connectivity index (χ0n) is 16.4. The molecule has 1 heterocycles. The summed E-state index contributed by atoms with van der Waals surface area (Å²) in [6.07, 6.45) is 2.79. The Kier molecular flexibility index (Phi) is 6.56. The Labute approximate surface area is 171 Å². The van der Waals surface area contributed by atoms with Gasteiger partial charge in [0.05, 0.1) is 24.8 Å². The second-order valence-corrected chi connectivity index (χ2v) is 8.43. The van der Waals surface area contributed by atoms with E-state index < -0.39 is 16.0 Å². The zero-order chi connectivity index (χ0) is 20.9. The van der Waals surface area contributed by atoms with Gasteiger partial charge in [-0.25, -0.2) is 13.2 Å². The summed E-state index contributed by atoms with van der Waals surface area (Å²) in [5.41, 5.74) is 1.58. The van der Waals surface area contributed by atoms with Crippen molar-refractivity contribution in [2.75, 3.05) is 45.3 Å². The molecule has 0 bridgehead atoms. The van der Waals surface area contributed by atoms with Crippen LogP contribution in [-0.4, -0.2) is 59.1 Å². The maximum atomic E-state index is 13.1. The van der Waals surface area contributed by atoms with Gasteiger partial charge in [-0.2, -0.15) is 4.31 Å². The van der Waals surface area contributed by atoms with Crippen molar-refractivity contribution in [3.8, 4) is 5.75 Å². The highest BCUT2D eigenvalue weighted by molar-refractivity contribution is 7.89. The molecule has 0 radical (unpaired) electrons. The van der Waals surface area contributed by atoms with Crippen LogP contribution in [0, 0.1) is 0 Å². The number of ether oxygens (including phenoxy) is 2. The minimum Gasteiger partial charge on any atom is -0.495 e. The molecule has 2 aromatic carbocycles. The average Bonchev–Trinajstić information content (AvgIpc) is 2.77. The van der Waals surface area contributed by atoms with Crippen molar-refractivity contribution in [1.82, 2.24) is 4.31 Å². The number of methoxy groups -OCH3 is 2. The number of sulfonamides is 1. The number of carbonyl (C=O) groups excluding carboxylic acids is 1. The van der Waals surface area contributed by atoms with E-state index in [1.54, 1.807) is 31.4 Å². The maximum Gasteiger partial charge on any atom is 0.330 e. The third kappa shape index (κ3) is 4.78. The highest BCUT2D eigenvalue weighted by atomic mass is 32.2. The van der Waals surface area contributed by atoms with Crippen molar-refractivity contribution in [2.24, 2.45) is 0 Å². The van der Waals surface area contributed by atoms with Crippen molar-refractivity contribution in [3.05, 3.63) is 60.2 Å². The first kappa shape index (κ1) is 20.9. The van der Waals surface area contributed by atoms with Gasteiger partial charge in [0, 0.05) is 32.3 Å². The molecule has 1 aliphatic heterocycles. The van der Waals surface area contributed by atoms with Gasteiger partial charge in [0.25, 0.3) is 0 Å². The average molecular weight is 416 g/mol. The summed E-state index contributed by atoms with van der Waals surface area (Å²) >= 11 is 0. The quantitative estimate of drug-likeness (QED) is 0.532. The molecule has 154 valence electrons.